The highest BCUT2D eigenvalue weighted by Crippen LogP contribution is 2.34. The van der Waals surface area contributed by atoms with Gasteiger partial charge in [0.2, 0.25) is 0 Å². The smallest absolute Gasteiger partial charge is 0.338 e. The second kappa shape index (κ2) is 8.82. The highest BCUT2D eigenvalue weighted by atomic mass is 35.5. The zero-order valence-electron chi connectivity index (χ0n) is 14.9. The minimum atomic E-state index is -0.503. The van der Waals surface area contributed by atoms with E-state index in [4.69, 9.17) is 16.3 Å². The van der Waals surface area contributed by atoms with Crippen LogP contribution in [0.5, 0.6) is 0 Å². The number of carbonyl (C=O) groups excluding carboxylic acids is 2. The number of hydrogen-bond donors (Lipinski definition) is 2. The van der Waals surface area contributed by atoms with Gasteiger partial charge in [0.15, 0.2) is 0 Å². The molecular formula is C19H19ClN2O3S2. The van der Waals surface area contributed by atoms with E-state index in [0.717, 1.165) is 21.1 Å². The Morgan fingerprint density at radius 2 is 2.07 bits per heavy atom. The molecule has 1 aromatic heterocycles. The van der Waals surface area contributed by atoms with Crippen LogP contribution in [0.15, 0.2) is 51.9 Å². The van der Waals surface area contributed by atoms with Crippen LogP contribution in [0, 0.1) is 0 Å². The molecule has 0 aliphatic carbocycles. The van der Waals surface area contributed by atoms with Gasteiger partial charge >= 0.3 is 12.0 Å². The molecule has 0 unspecified atom stereocenters. The van der Waals surface area contributed by atoms with Gasteiger partial charge in [0.25, 0.3) is 0 Å². The number of thioether (sulfide) groups is 1. The van der Waals surface area contributed by atoms with Gasteiger partial charge in [-0.25, -0.2) is 9.59 Å². The van der Waals surface area contributed by atoms with Gasteiger partial charge in [-0.3, -0.25) is 0 Å². The Kier molecular flexibility index (Phi) is 6.46. The normalized spacial score (nSPS) is 16.7. The Bertz CT molecular complexity index is 877. The highest BCUT2D eigenvalue weighted by molar-refractivity contribution is 7.98. The lowest BCUT2D eigenvalue weighted by molar-refractivity contribution is -0.139. The number of ether oxygens (including phenoxy) is 1. The third kappa shape index (κ3) is 4.86. The second-order valence-corrected chi connectivity index (χ2v) is 8.32. The SMILES string of the molecule is CCOC(=O)C1=C(C)NC(=O)N[C@@H]1c1cc(CSc2ccc(Cl)cc2)cs1. The lowest BCUT2D eigenvalue weighted by Gasteiger charge is -2.27. The van der Waals surface area contributed by atoms with E-state index in [1.807, 2.05) is 35.7 Å². The van der Waals surface area contributed by atoms with Crippen molar-refractivity contribution >= 4 is 46.7 Å². The van der Waals surface area contributed by atoms with E-state index in [-0.39, 0.29) is 12.6 Å². The summed E-state index contributed by atoms with van der Waals surface area (Å²) in [6.45, 7) is 3.75. The summed E-state index contributed by atoms with van der Waals surface area (Å²) < 4.78 is 5.16. The van der Waals surface area contributed by atoms with Crippen LogP contribution >= 0.6 is 34.7 Å². The molecule has 27 heavy (non-hydrogen) atoms. The van der Waals surface area contributed by atoms with Gasteiger partial charge < -0.3 is 15.4 Å². The highest BCUT2D eigenvalue weighted by Gasteiger charge is 2.32. The van der Waals surface area contributed by atoms with Gasteiger partial charge in [-0.2, -0.15) is 0 Å². The molecule has 0 radical (unpaired) electrons. The van der Waals surface area contributed by atoms with E-state index >= 15 is 0 Å². The van der Waals surface area contributed by atoms with Gasteiger partial charge in [-0.1, -0.05) is 11.6 Å². The molecule has 0 saturated heterocycles. The van der Waals surface area contributed by atoms with Gasteiger partial charge in [-0.05, 0) is 55.1 Å². The summed E-state index contributed by atoms with van der Waals surface area (Å²) in [7, 11) is 0. The number of amides is 2. The summed E-state index contributed by atoms with van der Waals surface area (Å²) in [5, 5.41) is 8.23. The predicted octanol–water partition coefficient (Wildman–Crippen LogP) is 4.88. The van der Waals surface area contributed by atoms with Crippen LogP contribution in [0.2, 0.25) is 5.02 Å². The molecule has 8 heteroatoms. The Morgan fingerprint density at radius 1 is 1.33 bits per heavy atom. The number of rotatable bonds is 6. The zero-order valence-corrected chi connectivity index (χ0v) is 17.3. The van der Waals surface area contributed by atoms with Gasteiger partial charge in [0, 0.05) is 26.2 Å². The van der Waals surface area contributed by atoms with Gasteiger partial charge in [0.05, 0.1) is 18.2 Å². The van der Waals surface area contributed by atoms with E-state index in [1.54, 1.807) is 25.6 Å². The van der Waals surface area contributed by atoms with Crippen molar-refractivity contribution < 1.29 is 14.3 Å². The molecule has 1 atom stereocenters. The molecule has 1 aliphatic rings. The fourth-order valence-corrected chi connectivity index (χ4v) is 4.74. The van der Waals surface area contributed by atoms with Crippen LogP contribution in [0.1, 0.15) is 30.3 Å². The second-order valence-electron chi connectivity index (χ2n) is 5.89. The maximum atomic E-state index is 12.4. The molecule has 0 fully saturated rings. The summed E-state index contributed by atoms with van der Waals surface area (Å²) in [5.41, 5.74) is 2.09. The molecule has 2 N–H and O–H groups in total. The molecular weight excluding hydrogens is 404 g/mol. The quantitative estimate of drug-likeness (QED) is 0.514. The largest absolute Gasteiger partial charge is 0.463 e. The summed E-state index contributed by atoms with van der Waals surface area (Å²) >= 11 is 9.14. The van der Waals surface area contributed by atoms with E-state index in [9.17, 15) is 9.59 Å². The first-order valence-corrected chi connectivity index (χ1v) is 10.6. The van der Waals surface area contributed by atoms with Crippen LogP contribution < -0.4 is 10.6 Å². The fourth-order valence-electron chi connectivity index (χ4n) is 2.71. The molecule has 2 aromatic rings. The zero-order chi connectivity index (χ0) is 19.4. The van der Waals surface area contributed by atoms with Crippen LogP contribution in [0.25, 0.3) is 0 Å². The number of esters is 1. The summed E-state index contributed by atoms with van der Waals surface area (Å²) in [4.78, 5) is 26.3. The third-order valence-electron chi connectivity index (χ3n) is 3.94. The van der Waals surface area contributed by atoms with Gasteiger partial charge in [0.1, 0.15) is 0 Å². The molecule has 2 heterocycles. The molecule has 5 nitrogen and oxygen atoms in total. The number of urea groups is 1. The number of carbonyl (C=O) groups is 2. The minimum absolute atomic E-state index is 0.281. The summed E-state index contributed by atoms with van der Waals surface area (Å²) in [6.07, 6.45) is 0. The molecule has 3 rings (SSSR count). The van der Waals surface area contributed by atoms with Crippen molar-refractivity contribution in [1.29, 1.82) is 0 Å². The maximum Gasteiger partial charge on any atom is 0.338 e. The van der Waals surface area contributed by atoms with Crippen molar-refractivity contribution in [3.8, 4) is 0 Å². The number of thiophene rings is 1. The lowest BCUT2D eigenvalue weighted by Crippen LogP contribution is -2.45. The Labute approximate surface area is 171 Å². The molecule has 0 saturated carbocycles. The number of benzene rings is 1. The molecule has 0 bridgehead atoms. The standard InChI is InChI=1S/C19H19ClN2O3S2/c1-3-25-18(23)16-11(2)21-19(24)22-17(16)15-8-12(10-27-15)9-26-14-6-4-13(20)5-7-14/h4-8,10,17H,3,9H2,1-2H3,(H2,21,22,24)/t17-/m1/s1. The Hall–Kier alpha value is -1.96. The number of hydrogen-bond acceptors (Lipinski definition) is 5. The van der Waals surface area contributed by atoms with Crippen LogP contribution in [-0.4, -0.2) is 18.6 Å². The Morgan fingerprint density at radius 3 is 2.78 bits per heavy atom. The fraction of sp³-hybridized carbons (Fsp3) is 0.263. The first-order valence-electron chi connectivity index (χ1n) is 8.39. The Balaban J connectivity index is 1.76. The molecule has 1 aromatic carbocycles. The average molecular weight is 423 g/mol. The molecule has 142 valence electrons. The lowest BCUT2D eigenvalue weighted by atomic mass is 10.0. The van der Waals surface area contributed by atoms with E-state index in [0.29, 0.717) is 16.3 Å². The first-order chi connectivity index (χ1) is 13.0. The number of allylic oxidation sites excluding steroid dienone is 1. The monoisotopic (exact) mass is 422 g/mol. The summed E-state index contributed by atoms with van der Waals surface area (Å²) in [5.74, 6) is 0.368. The molecule has 1 aliphatic heterocycles. The van der Waals surface area contributed by atoms with E-state index in [1.165, 1.54) is 11.3 Å². The van der Waals surface area contributed by atoms with E-state index < -0.39 is 12.0 Å². The van der Waals surface area contributed by atoms with Crippen molar-refractivity contribution in [3.63, 3.8) is 0 Å². The van der Waals surface area contributed by atoms with E-state index in [2.05, 4.69) is 10.6 Å². The average Bonchev–Trinajstić information content (AvgIpc) is 3.09. The topological polar surface area (TPSA) is 67.4 Å². The third-order valence-corrected chi connectivity index (χ3v) is 6.32. The van der Waals surface area contributed by atoms with Crippen molar-refractivity contribution in [1.82, 2.24) is 10.6 Å². The van der Waals surface area contributed by atoms with Crippen molar-refractivity contribution in [2.75, 3.05) is 6.61 Å². The maximum absolute atomic E-state index is 12.4. The van der Waals surface area contributed by atoms with Crippen LogP contribution in [0.3, 0.4) is 0 Å². The minimum Gasteiger partial charge on any atom is -0.463 e. The van der Waals surface area contributed by atoms with Crippen LogP contribution in [-0.2, 0) is 15.3 Å². The van der Waals surface area contributed by atoms with Crippen molar-refractivity contribution in [3.05, 3.63) is 62.4 Å². The summed E-state index contributed by atoms with van der Waals surface area (Å²) in [6, 6.07) is 8.90. The van der Waals surface area contributed by atoms with Crippen LogP contribution in [0.4, 0.5) is 4.79 Å². The number of halogens is 1. The van der Waals surface area contributed by atoms with Gasteiger partial charge in [-0.15, -0.1) is 23.1 Å². The first kappa shape index (κ1) is 19.8. The number of nitrogens with one attached hydrogen (secondary N) is 2. The van der Waals surface area contributed by atoms with Crippen molar-refractivity contribution in [2.45, 2.75) is 30.5 Å². The molecule has 2 amide bonds. The molecule has 0 spiro atoms. The van der Waals surface area contributed by atoms with Crippen molar-refractivity contribution in [2.24, 2.45) is 0 Å². The predicted molar refractivity (Wildman–Crippen MR) is 109 cm³/mol.